The molecular formula is C19H18ClN3O4. The van der Waals surface area contributed by atoms with E-state index in [4.69, 9.17) is 16.3 Å². The average molecular weight is 388 g/mol. The van der Waals surface area contributed by atoms with Crippen LogP contribution in [-0.2, 0) is 0 Å². The summed E-state index contributed by atoms with van der Waals surface area (Å²) in [5.74, 6) is -0.0562. The fraction of sp³-hybridized carbons (Fsp3) is 0.211. The lowest BCUT2D eigenvalue weighted by Crippen LogP contribution is -2.34. The molecule has 0 spiro atoms. The van der Waals surface area contributed by atoms with Crippen LogP contribution < -0.4 is 10.1 Å². The molecule has 0 saturated heterocycles. The van der Waals surface area contributed by atoms with Gasteiger partial charge < -0.3 is 15.0 Å². The molecule has 1 aliphatic rings. The van der Waals surface area contributed by atoms with Gasteiger partial charge in [-0.1, -0.05) is 11.6 Å². The minimum Gasteiger partial charge on any atom is -0.492 e. The Balaban J connectivity index is 1.55. The van der Waals surface area contributed by atoms with Crippen molar-refractivity contribution >= 4 is 35.1 Å². The summed E-state index contributed by atoms with van der Waals surface area (Å²) in [6.45, 7) is 0.674. The average Bonchev–Trinajstić information content (AvgIpc) is 2.87. The minimum absolute atomic E-state index is 0.286. The molecule has 3 rings (SSSR count). The van der Waals surface area contributed by atoms with Gasteiger partial charge in [-0.2, -0.15) is 0 Å². The highest BCUT2D eigenvalue weighted by atomic mass is 35.5. The Bertz CT molecular complexity index is 898. The van der Waals surface area contributed by atoms with Crippen molar-refractivity contribution in [1.29, 1.82) is 0 Å². The van der Waals surface area contributed by atoms with Crippen molar-refractivity contribution in [3.8, 4) is 5.75 Å². The molecule has 1 aliphatic heterocycles. The Morgan fingerprint density at radius 2 is 1.78 bits per heavy atom. The third kappa shape index (κ3) is 4.03. The van der Waals surface area contributed by atoms with E-state index in [-0.39, 0.29) is 23.4 Å². The Morgan fingerprint density at radius 1 is 1.11 bits per heavy atom. The molecule has 1 heterocycles. The molecule has 1 N–H and O–H groups in total. The third-order valence-corrected chi connectivity index (χ3v) is 4.45. The second kappa shape index (κ2) is 7.67. The highest BCUT2D eigenvalue weighted by Gasteiger charge is 2.32. The number of nitrogens with zero attached hydrogens (tertiary/aromatic N) is 2. The molecule has 140 valence electrons. The van der Waals surface area contributed by atoms with E-state index in [2.05, 4.69) is 5.32 Å². The van der Waals surface area contributed by atoms with E-state index in [1.165, 1.54) is 18.0 Å². The number of halogens is 1. The number of fused-ring (bicyclic) bond motifs is 1. The number of benzene rings is 2. The van der Waals surface area contributed by atoms with E-state index in [1.807, 2.05) is 0 Å². The predicted molar refractivity (Wildman–Crippen MR) is 101 cm³/mol. The lowest BCUT2D eigenvalue weighted by Gasteiger charge is -2.18. The molecule has 0 fully saturated rings. The predicted octanol–water partition coefficient (Wildman–Crippen LogP) is 3.11. The molecule has 0 bridgehead atoms. The number of imide groups is 1. The quantitative estimate of drug-likeness (QED) is 0.799. The first-order valence-electron chi connectivity index (χ1n) is 8.24. The number of carbonyl (C=O) groups is 3. The number of amides is 4. The Labute approximate surface area is 161 Å². The zero-order valence-corrected chi connectivity index (χ0v) is 15.6. The third-order valence-electron chi connectivity index (χ3n) is 4.20. The van der Waals surface area contributed by atoms with Gasteiger partial charge in [-0.05, 0) is 42.5 Å². The van der Waals surface area contributed by atoms with Crippen LogP contribution in [0, 0.1) is 0 Å². The summed E-state index contributed by atoms with van der Waals surface area (Å²) >= 11 is 5.82. The summed E-state index contributed by atoms with van der Waals surface area (Å²) in [5.41, 5.74) is 1.07. The van der Waals surface area contributed by atoms with Gasteiger partial charge in [0, 0.05) is 24.8 Å². The first-order chi connectivity index (χ1) is 12.9. The number of hydrogen-bond donors (Lipinski definition) is 1. The molecule has 2 aromatic rings. The number of ether oxygens (including phenoxy) is 1. The molecular weight excluding hydrogens is 370 g/mol. The van der Waals surface area contributed by atoms with Crippen LogP contribution in [-0.4, -0.2) is 54.9 Å². The lowest BCUT2D eigenvalue weighted by molar-refractivity contribution is 0.0693. The normalized spacial score (nSPS) is 12.8. The van der Waals surface area contributed by atoms with Crippen molar-refractivity contribution in [3.63, 3.8) is 0 Å². The largest absolute Gasteiger partial charge is 0.492 e. The van der Waals surface area contributed by atoms with Crippen molar-refractivity contribution in [2.45, 2.75) is 0 Å². The summed E-state index contributed by atoms with van der Waals surface area (Å²) in [6, 6.07) is 11.3. The minimum atomic E-state index is -0.379. The number of urea groups is 1. The van der Waals surface area contributed by atoms with Crippen molar-refractivity contribution in [3.05, 3.63) is 58.6 Å². The number of likely N-dealkylation sites (N-methyl/N-ethyl adjacent to an activating group) is 1. The van der Waals surface area contributed by atoms with E-state index in [1.54, 1.807) is 43.4 Å². The topological polar surface area (TPSA) is 79.0 Å². The standard InChI is InChI=1S/C19H18ClN3O4/c1-22(9-10-27-14-6-3-12(20)4-7-14)19(26)21-13-5-8-15-16(11-13)18(25)23(2)17(15)24/h3-8,11H,9-10H2,1-2H3,(H,21,26). The molecule has 27 heavy (non-hydrogen) atoms. The van der Waals surface area contributed by atoms with Crippen LogP contribution in [0.4, 0.5) is 10.5 Å². The molecule has 0 aliphatic carbocycles. The number of rotatable bonds is 5. The fourth-order valence-corrected chi connectivity index (χ4v) is 2.72. The number of carbonyl (C=O) groups excluding carboxylic acids is 3. The van der Waals surface area contributed by atoms with Gasteiger partial charge in [0.15, 0.2) is 0 Å². The van der Waals surface area contributed by atoms with Crippen LogP contribution in [0.15, 0.2) is 42.5 Å². The zero-order valence-electron chi connectivity index (χ0n) is 14.9. The molecule has 0 radical (unpaired) electrons. The molecule has 0 aromatic heterocycles. The van der Waals surface area contributed by atoms with Gasteiger partial charge in [-0.3, -0.25) is 14.5 Å². The van der Waals surface area contributed by atoms with Crippen LogP contribution in [0.25, 0.3) is 0 Å². The molecule has 0 unspecified atom stereocenters. The molecule has 8 heteroatoms. The van der Waals surface area contributed by atoms with Crippen molar-refractivity contribution in [1.82, 2.24) is 9.80 Å². The van der Waals surface area contributed by atoms with E-state index < -0.39 is 0 Å². The second-order valence-corrected chi connectivity index (χ2v) is 6.52. The van der Waals surface area contributed by atoms with Crippen LogP contribution in [0.3, 0.4) is 0 Å². The van der Waals surface area contributed by atoms with Crippen LogP contribution >= 0.6 is 11.6 Å². The highest BCUT2D eigenvalue weighted by Crippen LogP contribution is 2.24. The van der Waals surface area contributed by atoms with Crippen molar-refractivity contribution < 1.29 is 19.1 Å². The lowest BCUT2D eigenvalue weighted by atomic mass is 10.1. The summed E-state index contributed by atoms with van der Waals surface area (Å²) in [6.07, 6.45) is 0. The maximum Gasteiger partial charge on any atom is 0.321 e. The van der Waals surface area contributed by atoms with Gasteiger partial charge in [-0.25, -0.2) is 4.79 Å². The van der Waals surface area contributed by atoms with Crippen LogP contribution in [0.2, 0.25) is 5.02 Å². The molecule has 0 atom stereocenters. The van der Waals surface area contributed by atoms with Gasteiger partial charge in [0.2, 0.25) is 0 Å². The summed E-state index contributed by atoms with van der Waals surface area (Å²) in [5, 5.41) is 3.33. The van der Waals surface area contributed by atoms with E-state index in [9.17, 15) is 14.4 Å². The smallest absolute Gasteiger partial charge is 0.321 e. The van der Waals surface area contributed by atoms with Gasteiger partial charge in [0.1, 0.15) is 12.4 Å². The van der Waals surface area contributed by atoms with Gasteiger partial charge >= 0.3 is 6.03 Å². The molecule has 2 aromatic carbocycles. The zero-order chi connectivity index (χ0) is 19.6. The van der Waals surface area contributed by atoms with Crippen molar-refractivity contribution in [2.75, 3.05) is 32.6 Å². The van der Waals surface area contributed by atoms with Crippen LogP contribution in [0.5, 0.6) is 5.75 Å². The SMILES string of the molecule is CN(CCOc1ccc(Cl)cc1)C(=O)Nc1ccc2c(c1)C(=O)N(C)C2=O. The first-order valence-corrected chi connectivity index (χ1v) is 8.61. The molecule has 0 saturated carbocycles. The Kier molecular flexibility index (Phi) is 5.32. The summed E-state index contributed by atoms with van der Waals surface area (Å²) < 4.78 is 5.56. The number of nitrogens with one attached hydrogen (secondary N) is 1. The first kappa shape index (κ1) is 18.7. The molecule has 7 nitrogen and oxygen atoms in total. The van der Waals surface area contributed by atoms with E-state index in [0.717, 1.165) is 4.90 Å². The van der Waals surface area contributed by atoms with Gasteiger partial charge in [0.25, 0.3) is 11.8 Å². The highest BCUT2D eigenvalue weighted by molar-refractivity contribution is 6.30. The van der Waals surface area contributed by atoms with Gasteiger partial charge in [0.05, 0.1) is 17.7 Å². The number of hydrogen-bond acceptors (Lipinski definition) is 4. The molecule has 4 amide bonds. The maximum absolute atomic E-state index is 12.3. The maximum atomic E-state index is 12.3. The monoisotopic (exact) mass is 387 g/mol. The summed E-state index contributed by atoms with van der Waals surface area (Å²) in [7, 11) is 3.06. The van der Waals surface area contributed by atoms with E-state index in [0.29, 0.717) is 35.2 Å². The second-order valence-electron chi connectivity index (χ2n) is 6.08. The Morgan fingerprint density at radius 3 is 2.48 bits per heavy atom. The summed E-state index contributed by atoms with van der Waals surface area (Å²) in [4.78, 5) is 38.7. The Hall–Kier alpha value is -3.06. The fourth-order valence-electron chi connectivity index (χ4n) is 2.59. The van der Waals surface area contributed by atoms with Gasteiger partial charge in [-0.15, -0.1) is 0 Å². The van der Waals surface area contributed by atoms with E-state index >= 15 is 0 Å². The number of anilines is 1. The van der Waals surface area contributed by atoms with Crippen molar-refractivity contribution in [2.24, 2.45) is 0 Å². The van der Waals surface area contributed by atoms with Crippen LogP contribution in [0.1, 0.15) is 20.7 Å².